The van der Waals surface area contributed by atoms with Crippen molar-refractivity contribution in [2.24, 2.45) is 0 Å². The number of ether oxygens (including phenoxy) is 1. The number of amides is 1. The zero-order valence-corrected chi connectivity index (χ0v) is 14.3. The molecule has 0 spiro atoms. The van der Waals surface area contributed by atoms with Gasteiger partial charge in [0.15, 0.2) is 0 Å². The summed E-state index contributed by atoms with van der Waals surface area (Å²) in [5.74, 6) is -0.162. The number of carbonyl (C=O) groups excluding carboxylic acids is 1. The van der Waals surface area contributed by atoms with Crippen LogP contribution < -0.4 is 5.32 Å². The van der Waals surface area contributed by atoms with Crippen molar-refractivity contribution in [3.63, 3.8) is 0 Å². The van der Waals surface area contributed by atoms with Crippen LogP contribution in [0.3, 0.4) is 0 Å². The molecular formula is C18H27FN2O2. The molecule has 5 heteroatoms. The van der Waals surface area contributed by atoms with Crippen molar-refractivity contribution in [2.45, 2.75) is 51.7 Å². The lowest BCUT2D eigenvalue weighted by Crippen LogP contribution is -2.44. The molecule has 1 aliphatic heterocycles. The quantitative estimate of drug-likeness (QED) is 0.845. The van der Waals surface area contributed by atoms with E-state index in [1.54, 1.807) is 17.0 Å². The van der Waals surface area contributed by atoms with Crippen molar-refractivity contribution in [1.29, 1.82) is 0 Å². The lowest BCUT2D eigenvalue weighted by atomic mass is 10.1. The summed E-state index contributed by atoms with van der Waals surface area (Å²) in [5, 5.41) is 3.33. The lowest BCUT2D eigenvalue weighted by molar-refractivity contribution is 0.0227. The van der Waals surface area contributed by atoms with E-state index in [-0.39, 0.29) is 18.0 Å². The average molecular weight is 322 g/mol. The van der Waals surface area contributed by atoms with E-state index in [4.69, 9.17) is 4.74 Å². The molecule has 1 aromatic rings. The fraction of sp³-hybridized carbons (Fsp3) is 0.611. The van der Waals surface area contributed by atoms with Crippen LogP contribution >= 0.6 is 0 Å². The monoisotopic (exact) mass is 322 g/mol. The van der Waals surface area contributed by atoms with Gasteiger partial charge in [0.2, 0.25) is 0 Å². The third-order valence-corrected chi connectivity index (χ3v) is 3.91. The van der Waals surface area contributed by atoms with Gasteiger partial charge in [0.05, 0.1) is 0 Å². The largest absolute Gasteiger partial charge is 0.444 e. The van der Waals surface area contributed by atoms with Gasteiger partial charge in [-0.15, -0.1) is 0 Å². The van der Waals surface area contributed by atoms with E-state index in [1.165, 1.54) is 6.07 Å². The smallest absolute Gasteiger partial charge is 0.410 e. The van der Waals surface area contributed by atoms with E-state index in [0.29, 0.717) is 19.5 Å². The molecule has 1 N–H and O–H groups in total. The number of rotatable bonds is 5. The third-order valence-electron chi connectivity index (χ3n) is 3.91. The van der Waals surface area contributed by atoms with Crippen molar-refractivity contribution in [3.05, 3.63) is 35.6 Å². The fourth-order valence-corrected chi connectivity index (χ4v) is 2.80. The average Bonchev–Trinajstić information content (AvgIpc) is 2.92. The molecule has 128 valence electrons. The van der Waals surface area contributed by atoms with E-state index in [2.05, 4.69) is 5.32 Å². The van der Waals surface area contributed by atoms with Crippen LogP contribution in [0.4, 0.5) is 9.18 Å². The van der Waals surface area contributed by atoms with Gasteiger partial charge in [0.25, 0.3) is 0 Å². The summed E-state index contributed by atoms with van der Waals surface area (Å²) in [6, 6.07) is 6.99. The number of hydrogen-bond acceptors (Lipinski definition) is 3. The van der Waals surface area contributed by atoms with Gasteiger partial charge in [-0.25, -0.2) is 9.18 Å². The van der Waals surface area contributed by atoms with Crippen LogP contribution in [0.1, 0.15) is 39.2 Å². The summed E-state index contributed by atoms with van der Waals surface area (Å²) >= 11 is 0. The number of halogens is 1. The summed E-state index contributed by atoms with van der Waals surface area (Å²) < 4.78 is 19.0. The molecule has 1 heterocycles. The van der Waals surface area contributed by atoms with Crippen LogP contribution in [0, 0.1) is 5.82 Å². The molecule has 1 fully saturated rings. The summed E-state index contributed by atoms with van der Waals surface area (Å²) in [4.78, 5) is 14.0. The third kappa shape index (κ3) is 5.50. The number of nitrogens with zero attached hydrogens (tertiary/aromatic N) is 1. The maximum atomic E-state index is 13.5. The van der Waals surface area contributed by atoms with E-state index in [9.17, 15) is 9.18 Å². The van der Waals surface area contributed by atoms with Crippen molar-refractivity contribution in [2.75, 3.05) is 19.6 Å². The Morgan fingerprint density at radius 3 is 2.83 bits per heavy atom. The van der Waals surface area contributed by atoms with Crippen molar-refractivity contribution < 1.29 is 13.9 Å². The number of hydrogen-bond donors (Lipinski definition) is 1. The Morgan fingerprint density at radius 1 is 1.39 bits per heavy atom. The minimum Gasteiger partial charge on any atom is -0.444 e. The second kappa shape index (κ2) is 7.77. The van der Waals surface area contributed by atoms with Crippen molar-refractivity contribution in [3.8, 4) is 0 Å². The Balaban J connectivity index is 1.76. The topological polar surface area (TPSA) is 41.6 Å². The molecule has 0 radical (unpaired) electrons. The lowest BCUT2D eigenvalue weighted by Gasteiger charge is -2.28. The van der Waals surface area contributed by atoms with Gasteiger partial charge >= 0.3 is 6.09 Å². The first-order valence-corrected chi connectivity index (χ1v) is 8.30. The Labute approximate surface area is 138 Å². The molecule has 2 rings (SSSR count). The highest BCUT2D eigenvalue weighted by molar-refractivity contribution is 5.69. The molecule has 1 atom stereocenters. The predicted octanol–water partition coefficient (Wildman–Crippen LogP) is 3.36. The second-order valence-corrected chi connectivity index (χ2v) is 7.02. The minimum absolute atomic E-state index is 0.158. The second-order valence-electron chi connectivity index (χ2n) is 7.02. The van der Waals surface area contributed by atoms with Crippen LogP contribution in [0.5, 0.6) is 0 Å². The fourth-order valence-electron chi connectivity index (χ4n) is 2.80. The highest BCUT2D eigenvalue weighted by atomic mass is 19.1. The molecule has 23 heavy (non-hydrogen) atoms. The van der Waals surface area contributed by atoms with Gasteiger partial charge in [0, 0.05) is 19.1 Å². The van der Waals surface area contributed by atoms with Crippen LogP contribution in [0.15, 0.2) is 24.3 Å². The van der Waals surface area contributed by atoms with Gasteiger partial charge < -0.3 is 15.0 Å². The minimum atomic E-state index is -0.470. The number of benzene rings is 1. The Kier molecular flexibility index (Phi) is 5.99. The molecular weight excluding hydrogens is 295 g/mol. The Morgan fingerprint density at radius 2 is 2.13 bits per heavy atom. The van der Waals surface area contributed by atoms with Crippen molar-refractivity contribution in [1.82, 2.24) is 10.2 Å². The summed E-state index contributed by atoms with van der Waals surface area (Å²) in [6.07, 6.45) is 2.38. The maximum absolute atomic E-state index is 13.5. The molecule has 1 aliphatic rings. The number of carbonyl (C=O) groups is 1. The van der Waals surface area contributed by atoms with Crippen LogP contribution in [-0.2, 0) is 11.2 Å². The Bertz CT molecular complexity index is 528. The zero-order valence-electron chi connectivity index (χ0n) is 14.3. The van der Waals surface area contributed by atoms with Crippen molar-refractivity contribution >= 4 is 6.09 Å². The predicted molar refractivity (Wildman–Crippen MR) is 88.9 cm³/mol. The van der Waals surface area contributed by atoms with Crippen LogP contribution in [0.2, 0.25) is 0 Å². The summed E-state index contributed by atoms with van der Waals surface area (Å²) in [5.41, 5.74) is 0.248. The highest BCUT2D eigenvalue weighted by Gasteiger charge is 2.31. The van der Waals surface area contributed by atoms with Gasteiger partial charge in [-0.05, 0) is 58.2 Å². The van der Waals surface area contributed by atoms with E-state index in [1.807, 2.05) is 26.8 Å². The molecule has 1 saturated heterocycles. The van der Waals surface area contributed by atoms with Gasteiger partial charge in [-0.2, -0.15) is 0 Å². The molecule has 1 aromatic carbocycles. The molecule has 0 bridgehead atoms. The van der Waals surface area contributed by atoms with Gasteiger partial charge in [-0.3, -0.25) is 0 Å². The van der Waals surface area contributed by atoms with Crippen LogP contribution in [0.25, 0.3) is 0 Å². The SMILES string of the molecule is CC(C)(C)OC(=O)N1CCCC1CNCCc1ccccc1F. The standard InChI is InChI=1S/C18H27FN2O2/c1-18(2,3)23-17(22)21-12-6-8-15(21)13-20-11-10-14-7-4-5-9-16(14)19/h4-5,7,9,15,20H,6,8,10-13H2,1-3H3. The highest BCUT2D eigenvalue weighted by Crippen LogP contribution is 2.20. The van der Waals surface area contributed by atoms with Gasteiger partial charge in [0.1, 0.15) is 11.4 Å². The number of likely N-dealkylation sites (tertiary alicyclic amines) is 1. The summed E-state index contributed by atoms with van der Waals surface area (Å²) in [7, 11) is 0. The molecule has 4 nitrogen and oxygen atoms in total. The molecule has 0 saturated carbocycles. The molecule has 0 aliphatic carbocycles. The normalized spacial score (nSPS) is 18.3. The summed E-state index contributed by atoms with van der Waals surface area (Å²) in [6.45, 7) is 7.79. The first kappa shape index (κ1) is 17.7. The molecule has 0 aromatic heterocycles. The number of nitrogens with one attached hydrogen (secondary N) is 1. The molecule has 1 amide bonds. The van der Waals surface area contributed by atoms with Crippen LogP contribution in [-0.4, -0.2) is 42.3 Å². The maximum Gasteiger partial charge on any atom is 0.410 e. The first-order chi connectivity index (χ1) is 10.9. The van der Waals surface area contributed by atoms with E-state index < -0.39 is 5.60 Å². The van der Waals surface area contributed by atoms with E-state index in [0.717, 1.165) is 24.9 Å². The first-order valence-electron chi connectivity index (χ1n) is 8.30. The Hall–Kier alpha value is -1.62. The molecule has 1 unspecified atom stereocenters. The zero-order chi connectivity index (χ0) is 16.9. The van der Waals surface area contributed by atoms with Gasteiger partial charge in [-0.1, -0.05) is 18.2 Å². The van der Waals surface area contributed by atoms with E-state index >= 15 is 0 Å².